The molecule has 0 aromatic carbocycles. The summed E-state index contributed by atoms with van der Waals surface area (Å²) in [6.07, 6.45) is 7.23. The number of nitriles is 1. The molecule has 2 aromatic heterocycles. The minimum atomic E-state index is 0.0620. The number of carbonyl (C=O) groups is 1. The molecule has 1 atom stereocenters. The first-order valence-electron chi connectivity index (χ1n) is 9.88. The van der Waals surface area contributed by atoms with E-state index in [0.717, 1.165) is 56.0 Å². The number of aromatic nitrogens is 2. The second kappa shape index (κ2) is 7.59. The Kier molecular flexibility index (Phi) is 4.99. The number of carbonyl (C=O) groups excluding carboxylic acids is 1. The topological polar surface area (TPSA) is 73.1 Å². The zero-order valence-corrected chi connectivity index (χ0v) is 16.3. The number of aryl methyl sites for hydroxylation is 1. The summed E-state index contributed by atoms with van der Waals surface area (Å²) in [6.45, 7) is 5.07. The predicted octanol–water partition coefficient (Wildman–Crippen LogP) is 3.07. The standard InChI is InChI=1S/C22H25N5O/c1-17-5-6-19(12-23)21(25-17)26-11-3-8-22(15-26)9-7-20(28)27(16-22)14-18-4-2-10-24-13-18/h2,4-6,10,13H,3,7-9,11,14-16H2,1H3. The fourth-order valence-electron chi connectivity index (χ4n) is 4.55. The maximum Gasteiger partial charge on any atom is 0.222 e. The van der Waals surface area contributed by atoms with Gasteiger partial charge in [-0.3, -0.25) is 9.78 Å². The first-order chi connectivity index (χ1) is 13.6. The molecular formula is C22H25N5O. The number of piperidine rings is 2. The number of hydrogen-bond acceptors (Lipinski definition) is 5. The molecule has 0 aliphatic carbocycles. The fourth-order valence-corrected chi connectivity index (χ4v) is 4.55. The third kappa shape index (κ3) is 3.70. The van der Waals surface area contributed by atoms with E-state index in [2.05, 4.69) is 20.9 Å². The molecule has 2 aromatic rings. The number of rotatable bonds is 3. The Labute approximate surface area is 165 Å². The van der Waals surface area contributed by atoms with Crippen LogP contribution >= 0.6 is 0 Å². The van der Waals surface area contributed by atoms with Crippen molar-refractivity contribution in [3.63, 3.8) is 0 Å². The first-order valence-corrected chi connectivity index (χ1v) is 9.88. The van der Waals surface area contributed by atoms with Crippen LogP contribution in [0.1, 0.15) is 42.5 Å². The van der Waals surface area contributed by atoms with E-state index in [1.54, 1.807) is 6.20 Å². The van der Waals surface area contributed by atoms with Crippen LogP contribution < -0.4 is 4.90 Å². The van der Waals surface area contributed by atoms with E-state index in [1.807, 2.05) is 42.3 Å². The number of pyridine rings is 2. The van der Waals surface area contributed by atoms with Gasteiger partial charge in [-0.05, 0) is 49.9 Å². The molecule has 0 radical (unpaired) electrons. The highest BCUT2D eigenvalue weighted by Crippen LogP contribution is 2.40. The molecular weight excluding hydrogens is 350 g/mol. The van der Waals surface area contributed by atoms with E-state index in [0.29, 0.717) is 18.5 Å². The summed E-state index contributed by atoms with van der Waals surface area (Å²) >= 11 is 0. The predicted molar refractivity (Wildman–Crippen MR) is 106 cm³/mol. The van der Waals surface area contributed by atoms with Gasteiger partial charge in [0.2, 0.25) is 5.91 Å². The highest BCUT2D eigenvalue weighted by molar-refractivity contribution is 5.77. The SMILES string of the molecule is Cc1ccc(C#N)c(N2CCCC3(CCC(=O)N(Cc4cccnc4)C3)C2)n1. The van der Waals surface area contributed by atoms with Crippen molar-refractivity contribution in [2.45, 2.75) is 39.2 Å². The average Bonchev–Trinajstić information content (AvgIpc) is 2.72. The van der Waals surface area contributed by atoms with Crippen molar-refractivity contribution in [2.24, 2.45) is 5.41 Å². The lowest BCUT2D eigenvalue weighted by molar-refractivity contribution is -0.138. The summed E-state index contributed by atoms with van der Waals surface area (Å²) < 4.78 is 0. The molecule has 2 saturated heterocycles. The highest BCUT2D eigenvalue weighted by atomic mass is 16.2. The Balaban J connectivity index is 1.55. The molecule has 2 fully saturated rings. The summed E-state index contributed by atoms with van der Waals surface area (Å²) in [4.78, 5) is 25.6. The maximum atomic E-state index is 12.6. The van der Waals surface area contributed by atoms with Crippen molar-refractivity contribution in [2.75, 3.05) is 24.5 Å². The summed E-state index contributed by atoms with van der Waals surface area (Å²) in [5, 5.41) is 9.51. The van der Waals surface area contributed by atoms with Gasteiger partial charge in [0, 0.05) is 56.1 Å². The molecule has 0 bridgehead atoms. The van der Waals surface area contributed by atoms with Crippen LogP contribution in [0, 0.1) is 23.7 Å². The molecule has 4 heterocycles. The third-order valence-corrected chi connectivity index (χ3v) is 5.94. The van der Waals surface area contributed by atoms with E-state index in [-0.39, 0.29) is 11.3 Å². The van der Waals surface area contributed by atoms with Crippen molar-refractivity contribution < 1.29 is 4.79 Å². The summed E-state index contributed by atoms with van der Waals surface area (Å²) in [6, 6.07) is 9.96. The molecule has 0 saturated carbocycles. The molecule has 144 valence electrons. The molecule has 2 aliphatic rings. The van der Waals surface area contributed by atoms with Crippen molar-refractivity contribution in [3.8, 4) is 6.07 Å². The molecule has 6 nitrogen and oxygen atoms in total. The first kappa shape index (κ1) is 18.4. The van der Waals surface area contributed by atoms with Gasteiger partial charge in [0.25, 0.3) is 0 Å². The van der Waals surface area contributed by atoms with Gasteiger partial charge in [0.1, 0.15) is 11.9 Å². The average molecular weight is 375 g/mol. The summed E-state index contributed by atoms with van der Waals surface area (Å²) in [7, 11) is 0. The normalized spacial score (nSPS) is 22.4. The lowest BCUT2D eigenvalue weighted by Crippen LogP contribution is -2.54. The Hall–Kier alpha value is -2.94. The Morgan fingerprint density at radius 2 is 2.14 bits per heavy atom. The summed E-state index contributed by atoms with van der Waals surface area (Å²) in [5.74, 6) is 1.01. The number of hydrogen-bond donors (Lipinski definition) is 0. The number of amides is 1. The molecule has 28 heavy (non-hydrogen) atoms. The lowest BCUT2D eigenvalue weighted by Gasteiger charge is -2.48. The van der Waals surface area contributed by atoms with E-state index in [9.17, 15) is 10.1 Å². The minimum Gasteiger partial charge on any atom is -0.355 e. The van der Waals surface area contributed by atoms with Crippen molar-refractivity contribution >= 4 is 11.7 Å². The van der Waals surface area contributed by atoms with Crippen LogP contribution in [0.2, 0.25) is 0 Å². The molecule has 6 heteroatoms. The Morgan fingerprint density at radius 3 is 2.93 bits per heavy atom. The Bertz CT molecular complexity index is 907. The Morgan fingerprint density at radius 1 is 1.25 bits per heavy atom. The van der Waals surface area contributed by atoms with Crippen LogP contribution in [-0.2, 0) is 11.3 Å². The van der Waals surface area contributed by atoms with Crippen LogP contribution in [-0.4, -0.2) is 40.4 Å². The third-order valence-electron chi connectivity index (χ3n) is 5.94. The fraction of sp³-hybridized carbons (Fsp3) is 0.455. The molecule has 2 aliphatic heterocycles. The van der Waals surface area contributed by atoms with E-state index >= 15 is 0 Å². The molecule has 0 N–H and O–H groups in total. The van der Waals surface area contributed by atoms with Crippen LogP contribution in [0.25, 0.3) is 0 Å². The second-order valence-corrected chi connectivity index (χ2v) is 8.07. The quantitative estimate of drug-likeness (QED) is 0.824. The number of anilines is 1. The highest BCUT2D eigenvalue weighted by Gasteiger charge is 2.42. The van der Waals surface area contributed by atoms with Crippen LogP contribution in [0.15, 0.2) is 36.7 Å². The second-order valence-electron chi connectivity index (χ2n) is 8.07. The number of nitrogens with zero attached hydrogens (tertiary/aromatic N) is 5. The van der Waals surface area contributed by atoms with Crippen molar-refractivity contribution in [1.29, 1.82) is 5.26 Å². The van der Waals surface area contributed by atoms with E-state index < -0.39 is 0 Å². The summed E-state index contributed by atoms with van der Waals surface area (Å²) in [5.41, 5.74) is 2.67. The van der Waals surface area contributed by atoms with Gasteiger partial charge in [-0.15, -0.1) is 0 Å². The van der Waals surface area contributed by atoms with Crippen LogP contribution in [0.4, 0.5) is 5.82 Å². The lowest BCUT2D eigenvalue weighted by atomic mass is 9.73. The molecule has 1 amide bonds. The monoisotopic (exact) mass is 375 g/mol. The van der Waals surface area contributed by atoms with Gasteiger partial charge in [0.15, 0.2) is 0 Å². The zero-order chi connectivity index (χ0) is 19.6. The molecule has 4 rings (SSSR count). The molecule has 1 spiro atoms. The van der Waals surface area contributed by atoms with E-state index in [1.165, 1.54) is 0 Å². The van der Waals surface area contributed by atoms with Gasteiger partial charge in [-0.2, -0.15) is 5.26 Å². The largest absolute Gasteiger partial charge is 0.355 e. The van der Waals surface area contributed by atoms with Gasteiger partial charge in [0.05, 0.1) is 5.56 Å². The van der Waals surface area contributed by atoms with Gasteiger partial charge >= 0.3 is 0 Å². The molecule has 1 unspecified atom stereocenters. The minimum absolute atomic E-state index is 0.0620. The van der Waals surface area contributed by atoms with E-state index in [4.69, 9.17) is 0 Å². The van der Waals surface area contributed by atoms with Gasteiger partial charge in [-0.25, -0.2) is 4.98 Å². The van der Waals surface area contributed by atoms with Crippen molar-refractivity contribution in [3.05, 3.63) is 53.5 Å². The smallest absolute Gasteiger partial charge is 0.222 e. The van der Waals surface area contributed by atoms with Gasteiger partial charge in [-0.1, -0.05) is 6.07 Å². The van der Waals surface area contributed by atoms with Crippen molar-refractivity contribution in [1.82, 2.24) is 14.9 Å². The van der Waals surface area contributed by atoms with Crippen LogP contribution in [0.5, 0.6) is 0 Å². The maximum absolute atomic E-state index is 12.6. The van der Waals surface area contributed by atoms with Gasteiger partial charge < -0.3 is 9.80 Å². The number of likely N-dealkylation sites (tertiary alicyclic amines) is 1. The van der Waals surface area contributed by atoms with Crippen LogP contribution in [0.3, 0.4) is 0 Å². The zero-order valence-electron chi connectivity index (χ0n) is 16.3.